The molecule has 1 aromatic rings. The van der Waals surface area contributed by atoms with Gasteiger partial charge in [0.25, 0.3) is 5.91 Å². The maximum absolute atomic E-state index is 13.0. The first-order valence-electron chi connectivity index (χ1n) is 6.90. The standard InChI is InChI=1S/C15H16F3NO4.ClH/c1-23-8-9-3-2-4-10(5-9)13(20)19-6-11(14(21)22)12(7-19)15(16,17)18;/h2-5,11-12H,6-8H2,1H3,(H,21,22);1H/t11-,12-;/m1./s1. The molecule has 9 heteroatoms. The molecule has 1 fully saturated rings. The highest BCUT2D eigenvalue weighted by molar-refractivity contribution is 5.95. The second-order valence-electron chi connectivity index (χ2n) is 5.44. The molecule has 1 amide bonds. The van der Waals surface area contributed by atoms with E-state index < -0.39 is 43.0 Å². The number of benzene rings is 1. The predicted octanol–water partition coefficient (Wildman–Crippen LogP) is 2.59. The molecule has 0 spiro atoms. The number of carbonyl (C=O) groups is 2. The van der Waals surface area contributed by atoms with Gasteiger partial charge in [-0.3, -0.25) is 9.59 Å². The van der Waals surface area contributed by atoms with Gasteiger partial charge in [-0.1, -0.05) is 12.1 Å². The molecule has 0 aromatic heterocycles. The number of hydrogen-bond acceptors (Lipinski definition) is 3. The number of aliphatic carboxylic acids is 1. The van der Waals surface area contributed by atoms with Gasteiger partial charge >= 0.3 is 12.1 Å². The highest BCUT2D eigenvalue weighted by Crippen LogP contribution is 2.38. The maximum atomic E-state index is 13.0. The maximum Gasteiger partial charge on any atom is 0.394 e. The van der Waals surface area contributed by atoms with E-state index in [0.717, 1.165) is 4.90 Å². The van der Waals surface area contributed by atoms with Gasteiger partial charge in [0.1, 0.15) is 0 Å². The average Bonchev–Trinajstić information content (AvgIpc) is 2.92. The molecule has 1 aromatic carbocycles. The molecule has 24 heavy (non-hydrogen) atoms. The van der Waals surface area contributed by atoms with E-state index in [2.05, 4.69) is 0 Å². The van der Waals surface area contributed by atoms with Crippen LogP contribution >= 0.6 is 12.4 Å². The molecular weight excluding hydrogens is 351 g/mol. The summed E-state index contributed by atoms with van der Waals surface area (Å²) in [5.74, 6) is -5.84. The van der Waals surface area contributed by atoms with Crippen molar-refractivity contribution in [2.24, 2.45) is 11.8 Å². The SMILES string of the molecule is COCc1cccc(C(=O)N2C[C@@H](C(F)(F)F)[C@H](C(=O)O)C2)c1.Cl. The Morgan fingerprint density at radius 2 is 2.00 bits per heavy atom. The summed E-state index contributed by atoms with van der Waals surface area (Å²) in [4.78, 5) is 24.4. The van der Waals surface area contributed by atoms with Crippen molar-refractivity contribution in [1.82, 2.24) is 4.90 Å². The molecular formula is C15H17ClF3NO4. The van der Waals surface area contributed by atoms with Gasteiger partial charge in [-0.05, 0) is 17.7 Å². The van der Waals surface area contributed by atoms with Gasteiger partial charge < -0.3 is 14.7 Å². The number of alkyl halides is 3. The third kappa shape index (κ3) is 4.39. The van der Waals surface area contributed by atoms with Gasteiger partial charge in [0.05, 0.1) is 18.4 Å². The van der Waals surface area contributed by atoms with Gasteiger partial charge in [0.15, 0.2) is 0 Å². The fourth-order valence-corrected chi connectivity index (χ4v) is 2.69. The van der Waals surface area contributed by atoms with Crippen molar-refractivity contribution in [1.29, 1.82) is 0 Å². The first kappa shape index (κ1) is 20.2. The molecule has 5 nitrogen and oxygen atoms in total. The van der Waals surface area contributed by atoms with Crippen molar-refractivity contribution in [3.63, 3.8) is 0 Å². The van der Waals surface area contributed by atoms with Crippen LogP contribution in [-0.2, 0) is 16.1 Å². The van der Waals surface area contributed by atoms with E-state index in [4.69, 9.17) is 9.84 Å². The third-order valence-corrected chi connectivity index (χ3v) is 3.83. The molecule has 0 saturated carbocycles. The van der Waals surface area contributed by atoms with E-state index in [0.29, 0.717) is 5.56 Å². The number of methoxy groups -OCH3 is 1. The third-order valence-electron chi connectivity index (χ3n) is 3.83. The fourth-order valence-electron chi connectivity index (χ4n) is 2.69. The normalized spacial score (nSPS) is 20.6. The minimum absolute atomic E-state index is 0. The van der Waals surface area contributed by atoms with Crippen molar-refractivity contribution in [2.45, 2.75) is 12.8 Å². The zero-order valence-electron chi connectivity index (χ0n) is 12.7. The number of carboxylic acid groups (broad SMARTS) is 1. The molecule has 0 unspecified atom stereocenters. The largest absolute Gasteiger partial charge is 0.481 e. The van der Waals surface area contributed by atoms with E-state index in [1.165, 1.54) is 19.2 Å². The second kappa shape index (κ2) is 7.85. The van der Waals surface area contributed by atoms with Crippen molar-refractivity contribution < 1.29 is 32.6 Å². The molecule has 1 aliphatic heterocycles. The van der Waals surface area contributed by atoms with Gasteiger partial charge in [0.2, 0.25) is 0 Å². The number of ether oxygens (including phenoxy) is 1. The quantitative estimate of drug-likeness (QED) is 0.888. The van der Waals surface area contributed by atoms with Gasteiger partial charge in [-0.2, -0.15) is 13.2 Å². The summed E-state index contributed by atoms with van der Waals surface area (Å²) >= 11 is 0. The van der Waals surface area contributed by atoms with Gasteiger partial charge in [-0.25, -0.2) is 0 Å². The summed E-state index contributed by atoms with van der Waals surface area (Å²) in [7, 11) is 1.49. The van der Waals surface area contributed by atoms with E-state index in [-0.39, 0.29) is 24.6 Å². The summed E-state index contributed by atoms with van der Waals surface area (Å²) in [5.41, 5.74) is 0.922. The van der Waals surface area contributed by atoms with Crippen LogP contribution in [0.1, 0.15) is 15.9 Å². The molecule has 0 bridgehead atoms. The zero-order chi connectivity index (χ0) is 17.2. The number of amides is 1. The molecule has 2 rings (SSSR count). The van der Waals surface area contributed by atoms with Gasteiger partial charge in [0, 0.05) is 25.8 Å². The molecule has 0 radical (unpaired) electrons. The van der Waals surface area contributed by atoms with Crippen LogP contribution in [0.2, 0.25) is 0 Å². The number of nitrogens with zero attached hydrogens (tertiary/aromatic N) is 1. The van der Waals surface area contributed by atoms with Crippen LogP contribution in [0.15, 0.2) is 24.3 Å². The molecule has 1 N–H and O–H groups in total. The number of carbonyl (C=O) groups excluding carboxylic acids is 1. The molecule has 1 aliphatic rings. The van der Waals surface area contributed by atoms with E-state index >= 15 is 0 Å². The summed E-state index contributed by atoms with van der Waals surface area (Å²) in [5, 5.41) is 8.98. The van der Waals surface area contributed by atoms with Crippen LogP contribution < -0.4 is 0 Å². The molecule has 1 heterocycles. The second-order valence-corrected chi connectivity index (χ2v) is 5.44. The highest BCUT2D eigenvalue weighted by atomic mass is 35.5. The molecule has 0 aliphatic carbocycles. The Morgan fingerprint density at radius 3 is 2.50 bits per heavy atom. The lowest BCUT2D eigenvalue weighted by Gasteiger charge is -2.18. The van der Waals surface area contributed by atoms with Crippen LogP contribution in [0.4, 0.5) is 13.2 Å². The molecule has 2 atom stereocenters. The van der Waals surface area contributed by atoms with Crippen LogP contribution in [-0.4, -0.2) is 48.3 Å². The van der Waals surface area contributed by atoms with Gasteiger partial charge in [-0.15, -0.1) is 12.4 Å². The van der Waals surface area contributed by atoms with E-state index in [9.17, 15) is 22.8 Å². The van der Waals surface area contributed by atoms with Crippen LogP contribution in [0.3, 0.4) is 0 Å². The topological polar surface area (TPSA) is 66.8 Å². The Kier molecular flexibility index (Phi) is 6.62. The van der Waals surface area contributed by atoms with Crippen LogP contribution in [0, 0.1) is 11.8 Å². The van der Waals surface area contributed by atoms with Crippen molar-refractivity contribution in [2.75, 3.05) is 20.2 Å². The molecule has 134 valence electrons. The number of likely N-dealkylation sites (tertiary alicyclic amines) is 1. The first-order chi connectivity index (χ1) is 10.7. The Morgan fingerprint density at radius 1 is 1.33 bits per heavy atom. The smallest absolute Gasteiger partial charge is 0.394 e. The Bertz CT molecular complexity index is 609. The van der Waals surface area contributed by atoms with E-state index in [1.54, 1.807) is 12.1 Å². The monoisotopic (exact) mass is 367 g/mol. The van der Waals surface area contributed by atoms with Crippen molar-refractivity contribution >= 4 is 24.3 Å². The predicted molar refractivity (Wildman–Crippen MR) is 81.0 cm³/mol. The zero-order valence-corrected chi connectivity index (χ0v) is 13.6. The number of rotatable bonds is 4. The number of halogens is 4. The van der Waals surface area contributed by atoms with Crippen LogP contribution in [0.25, 0.3) is 0 Å². The summed E-state index contributed by atoms with van der Waals surface area (Å²) in [6.07, 6.45) is -4.66. The Balaban J connectivity index is 0.00000288. The summed E-state index contributed by atoms with van der Waals surface area (Å²) < 4.78 is 43.8. The average molecular weight is 368 g/mol. The summed E-state index contributed by atoms with van der Waals surface area (Å²) in [6, 6.07) is 6.34. The minimum Gasteiger partial charge on any atom is -0.481 e. The summed E-state index contributed by atoms with van der Waals surface area (Å²) in [6.45, 7) is -0.829. The van der Waals surface area contributed by atoms with Crippen molar-refractivity contribution in [3.05, 3.63) is 35.4 Å². The first-order valence-corrected chi connectivity index (χ1v) is 6.90. The highest BCUT2D eigenvalue weighted by Gasteiger charge is 2.53. The Labute approximate surface area is 142 Å². The van der Waals surface area contributed by atoms with Crippen LogP contribution in [0.5, 0.6) is 0 Å². The number of hydrogen-bond donors (Lipinski definition) is 1. The van der Waals surface area contributed by atoms with E-state index in [1.807, 2.05) is 0 Å². The fraction of sp³-hybridized carbons (Fsp3) is 0.467. The minimum atomic E-state index is -4.66. The van der Waals surface area contributed by atoms with Crippen molar-refractivity contribution in [3.8, 4) is 0 Å². The number of carboxylic acids is 1. The lowest BCUT2D eigenvalue weighted by molar-refractivity contribution is -0.187. The lowest BCUT2D eigenvalue weighted by atomic mass is 9.96. The lowest BCUT2D eigenvalue weighted by Crippen LogP contribution is -2.34. The molecule has 1 saturated heterocycles. The Hall–Kier alpha value is -1.80.